The number of halogens is 5. The van der Waals surface area contributed by atoms with Crippen LogP contribution < -0.4 is 10.6 Å². The van der Waals surface area contributed by atoms with Crippen LogP contribution in [0.15, 0.2) is 43.1 Å². The van der Waals surface area contributed by atoms with Gasteiger partial charge in [-0.2, -0.15) is 0 Å². The molecule has 2 aromatic carbocycles. The van der Waals surface area contributed by atoms with E-state index in [1.807, 2.05) is 6.92 Å². The number of benzene rings is 2. The summed E-state index contributed by atoms with van der Waals surface area (Å²) in [5, 5.41) is 5.47. The van der Waals surface area contributed by atoms with Gasteiger partial charge in [-0.15, -0.1) is 11.6 Å². The van der Waals surface area contributed by atoms with Crippen molar-refractivity contribution >= 4 is 28.7 Å². The van der Waals surface area contributed by atoms with Crippen molar-refractivity contribution in [2.75, 3.05) is 10.6 Å². The van der Waals surface area contributed by atoms with Crippen LogP contribution in [-0.2, 0) is 0 Å². The summed E-state index contributed by atoms with van der Waals surface area (Å²) in [5.74, 6) is -3.53. The molecule has 148 valence electrons. The van der Waals surface area contributed by atoms with Gasteiger partial charge in [0.05, 0.1) is 5.69 Å². The van der Waals surface area contributed by atoms with Crippen molar-refractivity contribution in [3.05, 3.63) is 77.5 Å². The number of anilines is 2. The van der Waals surface area contributed by atoms with Crippen LogP contribution in [0.2, 0.25) is 0 Å². The molecule has 0 aromatic heterocycles. The van der Waals surface area contributed by atoms with Crippen LogP contribution in [0.4, 0.5) is 28.9 Å². The van der Waals surface area contributed by atoms with Gasteiger partial charge in [-0.3, -0.25) is 0 Å². The number of nitrogens with one attached hydrogen (secondary N) is 2. The Balaban J connectivity index is 1.85. The normalized spacial score (nSPS) is 20.6. The van der Waals surface area contributed by atoms with E-state index in [0.717, 1.165) is 6.07 Å². The number of hydrogen-bond acceptors (Lipinski definition) is 2. The summed E-state index contributed by atoms with van der Waals surface area (Å²) in [4.78, 5) is 0. The van der Waals surface area contributed by atoms with E-state index in [1.165, 1.54) is 19.1 Å². The van der Waals surface area contributed by atoms with Gasteiger partial charge in [0.15, 0.2) is 11.6 Å². The van der Waals surface area contributed by atoms with Crippen LogP contribution in [0.5, 0.6) is 0 Å². The van der Waals surface area contributed by atoms with E-state index in [4.69, 9.17) is 11.6 Å². The van der Waals surface area contributed by atoms with Gasteiger partial charge in [-0.1, -0.05) is 20.1 Å². The molecule has 0 saturated heterocycles. The number of rotatable bonds is 6. The molecule has 3 atom stereocenters. The number of hydrogen-bond donors (Lipinski definition) is 2. The van der Waals surface area contributed by atoms with Gasteiger partial charge in [0.2, 0.25) is 0 Å². The maximum Gasteiger partial charge on any atom is 0.168 e. The number of allylic oxidation sites excluding steroid dienone is 1. The lowest BCUT2D eigenvalue weighted by atomic mass is 10.1. The van der Waals surface area contributed by atoms with E-state index < -0.39 is 23.3 Å². The van der Waals surface area contributed by atoms with Crippen molar-refractivity contribution in [3.8, 4) is 0 Å². The van der Waals surface area contributed by atoms with E-state index in [9.17, 15) is 17.6 Å². The Morgan fingerprint density at radius 3 is 2.21 bits per heavy atom. The molecule has 2 N–H and O–H groups in total. The minimum atomic E-state index is -1.14. The molecule has 1 saturated carbocycles. The van der Waals surface area contributed by atoms with Crippen LogP contribution in [0.25, 0.3) is 5.70 Å². The third kappa shape index (κ3) is 3.87. The maximum absolute atomic E-state index is 14.3. The van der Waals surface area contributed by atoms with Gasteiger partial charge >= 0.3 is 0 Å². The molecule has 2 aromatic rings. The second-order valence-electron chi connectivity index (χ2n) is 6.98. The van der Waals surface area contributed by atoms with Crippen molar-refractivity contribution in [2.45, 2.75) is 19.2 Å². The third-order valence-electron chi connectivity index (χ3n) is 4.87. The van der Waals surface area contributed by atoms with Gasteiger partial charge < -0.3 is 10.6 Å². The van der Waals surface area contributed by atoms with E-state index in [2.05, 4.69) is 23.8 Å². The SMILES string of the molecule is C=C(Nc1cc(C)c(F)cc1F)c1cc(NC(=C)C2C(Cl)[C@H]2C)cc(F)c1F. The number of aryl methyl sites for hydroxylation is 1. The molecular formula is C21H19ClF4N2. The van der Waals surface area contributed by atoms with Crippen LogP contribution in [-0.4, -0.2) is 5.38 Å². The smallest absolute Gasteiger partial charge is 0.168 e. The molecule has 28 heavy (non-hydrogen) atoms. The van der Waals surface area contributed by atoms with Gasteiger partial charge in [-0.05, 0) is 30.5 Å². The second-order valence-corrected chi connectivity index (χ2v) is 7.49. The zero-order valence-electron chi connectivity index (χ0n) is 15.3. The fourth-order valence-corrected chi connectivity index (χ4v) is 3.51. The van der Waals surface area contributed by atoms with Gasteiger partial charge in [-0.25, -0.2) is 17.6 Å². The van der Waals surface area contributed by atoms with E-state index in [-0.39, 0.29) is 45.4 Å². The Hall–Kier alpha value is -2.47. The highest BCUT2D eigenvalue weighted by Gasteiger charge is 2.47. The molecule has 2 unspecified atom stereocenters. The van der Waals surface area contributed by atoms with E-state index in [0.29, 0.717) is 11.8 Å². The molecule has 2 nitrogen and oxygen atoms in total. The third-order valence-corrected chi connectivity index (χ3v) is 5.53. The molecule has 0 amide bonds. The monoisotopic (exact) mass is 410 g/mol. The first-order valence-corrected chi connectivity index (χ1v) is 9.04. The molecule has 0 heterocycles. The Bertz CT molecular complexity index is 965. The minimum absolute atomic E-state index is 0.0378. The quantitative estimate of drug-likeness (QED) is 0.423. The predicted octanol–water partition coefficient (Wildman–Crippen LogP) is 6.43. The Morgan fingerprint density at radius 1 is 0.964 bits per heavy atom. The topological polar surface area (TPSA) is 24.1 Å². The average molecular weight is 411 g/mol. The summed E-state index contributed by atoms with van der Waals surface area (Å²) in [7, 11) is 0. The molecule has 0 bridgehead atoms. The molecule has 0 spiro atoms. The van der Waals surface area contributed by atoms with Gasteiger partial charge in [0.1, 0.15) is 11.6 Å². The lowest BCUT2D eigenvalue weighted by Crippen LogP contribution is -2.07. The second kappa shape index (κ2) is 7.51. The highest BCUT2D eigenvalue weighted by Crippen LogP contribution is 2.48. The van der Waals surface area contributed by atoms with E-state index >= 15 is 0 Å². The van der Waals surface area contributed by atoms with Gasteiger partial charge in [0, 0.05) is 46.1 Å². The lowest BCUT2D eigenvalue weighted by Gasteiger charge is -2.16. The fraction of sp³-hybridized carbons (Fsp3) is 0.238. The van der Waals surface area contributed by atoms with Crippen molar-refractivity contribution in [2.24, 2.45) is 11.8 Å². The Morgan fingerprint density at radius 2 is 1.61 bits per heavy atom. The maximum atomic E-state index is 14.3. The molecule has 1 aliphatic rings. The van der Waals surface area contributed by atoms with Crippen LogP contribution >= 0.6 is 11.6 Å². The summed E-state index contributed by atoms with van der Waals surface area (Å²) in [5.41, 5.74) is 0.699. The van der Waals surface area contributed by atoms with Crippen molar-refractivity contribution in [1.82, 2.24) is 0 Å². The first-order valence-electron chi connectivity index (χ1n) is 8.61. The van der Waals surface area contributed by atoms with Crippen LogP contribution in [0, 0.1) is 42.0 Å². The largest absolute Gasteiger partial charge is 0.359 e. The molecule has 0 radical (unpaired) electrons. The summed E-state index contributed by atoms with van der Waals surface area (Å²) < 4.78 is 55.8. The molecule has 1 aliphatic carbocycles. The Labute approximate surface area is 165 Å². The summed E-state index contributed by atoms with van der Waals surface area (Å²) in [6, 6.07) is 4.27. The van der Waals surface area contributed by atoms with E-state index in [1.54, 1.807) is 0 Å². The standard InChI is InChI=1S/C21H19ClF4N2/c1-9-5-18(16(24)8-15(9)23)28-11(3)14-6-13(7-17(25)21(14)26)27-12(4)19-10(2)20(19)22/h5-8,10,19-20,27-28H,3-4H2,1-2H3/t10-,19?,20?/m0/s1. The van der Waals surface area contributed by atoms with Crippen molar-refractivity contribution < 1.29 is 17.6 Å². The van der Waals surface area contributed by atoms with Crippen LogP contribution in [0.3, 0.4) is 0 Å². The zero-order chi connectivity index (χ0) is 20.7. The summed E-state index contributed by atoms with van der Waals surface area (Å²) >= 11 is 6.11. The number of alkyl halides is 1. The first kappa shape index (κ1) is 20.3. The molecule has 3 rings (SSSR count). The molecule has 7 heteroatoms. The highest BCUT2D eigenvalue weighted by atomic mass is 35.5. The summed E-state index contributed by atoms with van der Waals surface area (Å²) in [6.07, 6.45) is 0. The zero-order valence-corrected chi connectivity index (χ0v) is 16.1. The minimum Gasteiger partial charge on any atom is -0.359 e. The van der Waals surface area contributed by atoms with Crippen molar-refractivity contribution in [3.63, 3.8) is 0 Å². The average Bonchev–Trinajstić information content (AvgIpc) is 3.22. The van der Waals surface area contributed by atoms with Crippen molar-refractivity contribution in [1.29, 1.82) is 0 Å². The fourth-order valence-electron chi connectivity index (χ4n) is 3.06. The Kier molecular flexibility index (Phi) is 5.44. The summed E-state index contributed by atoms with van der Waals surface area (Å²) in [6.45, 7) is 11.0. The molecular weight excluding hydrogens is 392 g/mol. The van der Waals surface area contributed by atoms with Gasteiger partial charge in [0.25, 0.3) is 0 Å². The first-order chi connectivity index (χ1) is 13.1. The molecule has 1 fully saturated rings. The van der Waals surface area contributed by atoms with Crippen LogP contribution in [0.1, 0.15) is 18.1 Å². The highest BCUT2D eigenvalue weighted by molar-refractivity contribution is 6.23. The lowest BCUT2D eigenvalue weighted by molar-refractivity contribution is 0.507. The predicted molar refractivity (Wildman–Crippen MR) is 105 cm³/mol. The molecule has 0 aliphatic heterocycles.